The zero-order chi connectivity index (χ0) is 23.4. The minimum Gasteiger partial charge on any atom is -0.493 e. The molecule has 0 saturated carbocycles. The highest BCUT2D eigenvalue weighted by molar-refractivity contribution is 5.92. The van der Waals surface area contributed by atoms with Crippen molar-refractivity contribution in [2.45, 2.75) is 26.3 Å². The van der Waals surface area contributed by atoms with Crippen LogP contribution < -0.4 is 19.5 Å². The molecule has 0 unspecified atom stereocenters. The highest BCUT2D eigenvalue weighted by Gasteiger charge is 2.13. The highest BCUT2D eigenvalue weighted by atomic mass is 16.5. The number of methoxy groups -OCH3 is 2. The number of carbonyl (C=O) groups excluding carboxylic acids is 1. The summed E-state index contributed by atoms with van der Waals surface area (Å²) in [6.45, 7) is 4.00. The van der Waals surface area contributed by atoms with Gasteiger partial charge in [0.25, 0.3) is 0 Å². The molecular formula is C23H24N6O4. The summed E-state index contributed by atoms with van der Waals surface area (Å²) in [7, 11) is 3.13. The van der Waals surface area contributed by atoms with E-state index >= 15 is 0 Å². The van der Waals surface area contributed by atoms with Gasteiger partial charge in [-0.25, -0.2) is 15.0 Å². The third-order valence-corrected chi connectivity index (χ3v) is 4.86. The molecule has 0 fully saturated rings. The van der Waals surface area contributed by atoms with Crippen molar-refractivity contribution in [2.24, 2.45) is 0 Å². The van der Waals surface area contributed by atoms with E-state index in [2.05, 4.69) is 25.4 Å². The van der Waals surface area contributed by atoms with Crippen molar-refractivity contribution in [1.29, 1.82) is 0 Å². The monoisotopic (exact) mass is 448 g/mol. The Hall–Kier alpha value is -4.21. The first-order valence-corrected chi connectivity index (χ1v) is 10.3. The van der Waals surface area contributed by atoms with E-state index in [0.717, 1.165) is 0 Å². The Balaban J connectivity index is 1.45. The minimum atomic E-state index is -0.201. The maximum Gasteiger partial charge on any atom is 0.232 e. The molecule has 0 radical (unpaired) electrons. The molecule has 33 heavy (non-hydrogen) atoms. The van der Waals surface area contributed by atoms with Gasteiger partial charge in [-0.15, -0.1) is 0 Å². The van der Waals surface area contributed by atoms with Crippen LogP contribution in [0.4, 0.5) is 5.69 Å². The van der Waals surface area contributed by atoms with Crippen molar-refractivity contribution in [3.8, 4) is 23.1 Å². The quantitative estimate of drug-likeness (QED) is 0.433. The molecule has 170 valence electrons. The number of nitrogens with zero attached hydrogens (tertiary/aromatic N) is 5. The summed E-state index contributed by atoms with van der Waals surface area (Å²) in [6.07, 6.45) is 3.14. The predicted octanol–water partition coefficient (Wildman–Crippen LogP) is 3.79. The van der Waals surface area contributed by atoms with E-state index < -0.39 is 0 Å². The van der Waals surface area contributed by atoms with Crippen molar-refractivity contribution in [2.75, 3.05) is 19.5 Å². The lowest BCUT2D eigenvalue weighted by Gasteiger charge is -2.12. The van der Waals surface area contributed by atoms with Crippen molar-refractivity contribution in [1.82, 2.24) is 24.7 Å². The third kappa shape index (κ3) is 5.00. The number of anilines is 1. The van der Waals surface area contributed by atoms with Crippen LogP contribution in [-0.2, 0) is 11.2 Å². The second-order valence-electron chi connectivity index (χ2n) is 7.49. The van der Waals surface area contributed by atoms with Gasteiger partial charge in [-0.3, -0.25) is 9.48 Å². The Morgan fingerprint density at radius 1 is 1.03 bits per heavy atom. The molecule has 0 aliphatic carbocycles. The summed E-state index contributed by atoms with van der Waals surface area (Å²) in [5, 5.41) is 7.82. The smallest absolute Gasteiger partial charge is 0.232 e. The lowest BCUT2D eigenvalue weighted by molar-refractivity contribution is -0.115. The van der Waals surface area contributed by atoms with Crippen LogP contribution in [0.25, 0.3) is 10.9 Å². The molecule has 1 amide bonds. The van der Waals surface area contributed by atoms with Crippen LogP contribution in [0.15, 0.2) is 49.1 Å². The Labute approximate surface area is 190 Å². The number of hydrogen-bond donors (Lipinski definition) is 1. The average molecular weight is 448 g/mol. The predicted molar refractivity (Wildman–Crippen MR) is 122 cm³/mol. The molecule has 1 N–H and O–H groups in total. The van der Waals surface area contributed by atoms with Gasteiger partial charge in [0.1, 0.15) is 18.4 Å². The van der Waals surface area contributed by atoms with Gasteiger partial charge in [-0.05, 0) is 44.2 Å². The summed E-state index contributed by atoms with van der Waals surface area (Å²) >= 11 is 0. The summed E-state index contributed by atoms with van der Waals surface area (Å²) in [4.78, 5) is 25.0. The molecule has 4 rings (SSSR count). The molecule has 4 aromatic rings. The summed E-state index contributed by atoms with van der Waals surface area (Å²) in [6, 6.07) is 10.7. The van der Waals surface area contributed by atoms with Crippen molar-refractivity contribution >= 4 is 22.5 Å². The summed E-state index contributed by atoms with van der Waals surface area (Å²) < 4.78 is 18.4. The third-order valence-electron chi connectivity index (χ3n) is 4.86. The second-order valence-corrected chi connectivity index (χ2v) is 7.49. The van der Waals surface area contributed by atoms with Crippen molar-refractivity contribution in [3.63, 3.8) is 0 Å². The van der Waals surface area contributed by atoms with E-state index in [1.54, 1.807) is 61.6 Å². The summed E-state index contributed by atoms with van der Waals surface area (Å²) in [5.74, 6) is 2.33. The Kier molecular flexibility index (Phi) is 6.34. The molecule has 2 aromatic heterocycles. The fraction of sp³-hybridized carbons (Fsp3) is 0.261. The Bertz CT molecular complexity index is 1270. The standard InChI is InChI=1S/C23H24N6O4/c1-14(2)29-13-26-21(28-29)11-22(30)27-15-5-7-16(8-6-15)33-23-17-9-19(31-3)20(32-4)10-18(17)24-12-25-23/h5-10,12-14H,11H2,1-4H3,(H,27,30). The van der Waals surface area contributed by atoms with Crippen molar-refractivity contribution < 1.29 is 19.0 Å². The first-order valence-electron chi connectivity index (χ1n) is 10.3. The fourth-order valence-electron chi connectivity index (χ4n) is 3.15. The van der Waals surface area contributed by atoms with Crippen LogP contribution in [-0.4, -0.2) is 44.9 Å². The number of amides is 1. The molecule has 10 nitrogen and oxygen atoms in total. The van der Waals surface area contributed by atoms with Gasteiger partial charge in [-0.1, -0.05) is 0 Å². The van der Waals surface area contributed by atoms with Gasteiger partial charge in [-0.2, -0.15) is 5.10 Å². The Morgan fingerprint density at radius 3 is 2.42 bits per heavy atom. The number of aromatic nitrogens is 5. The lowest BCUT2D eigenvalue weighted by Crippen LogP contribution is -2.15. The first-order chi connectivity index (χ1) is 16.0. The van der Waals surface area contributed by atoms with Crippen LogP contribution in [0.2, 0.25) is 0 Å². The number of fused-ring (bicyclic) bond motifs is 1. The van der Waals surface area contributed by atoms with E-state index in [9.17, 15) is 4.79 Å². The van der Waals surface area contributed by atoms with Crippen LogP contribution in [0.3, 0.4) is 0 Å². The molecule has 0 aliphatic rings. The summed E-state index contributed by atoms with van der Waals surface area (Å²) in [5.41, 5.74) is 1.30. The number of nitrogens with one attached hydrogen (secondary N) is 1. The van der Waals surface area contributed by atoms with Gasteiger partial charge in [0, 0.05) is 17.8 Å². The molecule has 0 saturated heterocycles. The van der Waals surface area contributed by atoms with Gasteiger partial charge in [0.05, 0.1) is 31.5 Å². The number of benzene rings is 2. The van der Waals surface area contributed by atoms with E-state index in [1.165, 1.54) is 6.33 Å². The van der Waals surface area contributed by atoms with Gasteiger partial charge < -0.3 is 19.5 Å². The maximum atomic E-state index is 12.3. The van der Waals surface area contributed by atoms with E-state index in [4.69, 9.17) is 14.2 Å². The zero-order valence-corrected chi connectivity index (χ0v) is 18.8. The molecule has 0 spiro atoms. The number of ether oxygens (including phenoxy) is 3. The van der Waals surface area contributed by atoms with Crippen LogP contribution in [0.1, 0.15) is 25.7 Å². The SMILES string of the molecule is COc1cc2ncnc(Oc3ccc(NC(=O)Cc4ncn(C(C)C)n4)cc3)c2cc1OC. The fourth-order valence-corrected chi connectivity index (χ4v) is 3.15. The number of rotatable bonds is 8. The van der Waals surface area contributed by atoms with Crippen LogP contribution >= 0.6 is 0 Å². The van der Waals surface area contributed by atoms with Gasteiger partial charge in [0.2, 0.25) is 11.8 Å². The topological polar surface area (TPSA) is 113 Å². The molecule has 0 bridgehead atoms. The van der Waals surface area contributed by atoms with Crippen LogP contribution in [0.5, 0.6) is 23.1 Å². The zero-order valence-electron chi connectivity index (χ0n) is 18.8. The highest BCUT2D eigenvalue weighted by Crippen LogP contribution is 2.35. The van der Waals surface area contributed by atoms with E-state index in [-0.39, 0.29) is 18.4 Å². The van der Waals surface area contributed by atoms with Gasteiger partial charge in [0.15, 0.2) is 17.3 Å². The number of carbonyl (C=O) groups is 1. The van der Waals surface area contributed by atoms with Crippen LogP contribution in [0, 0.1) is 0 Å². The minimum absolute atomic E-state index is 0.0934. The normalized spacial score (nSPS) is 10.9. The molecule has 0 aliphatic heterocycles. The molecule has 2 aromatic carbocycles. The largest absolute Gasteiger partial charge is 0.493 e. The molecular weight excluding hydrogens is 424 g/mol. The maximum absolute atomic E-state index is 12.3. The van der Waals surface area contributed by atoms with Gasteiger partial charge >= 0.3 is 0 Å². The second kappa shape index (κ2) is 9.51. The lowest BCUT2D eigenvalue weighted by atomic mass is 10.2. The number of hydrogen-bond acceptors (Lipinski definition) is 8. The first kappa shape index (κ1) is 22.0. The van der Waals surface area contributed by atoms with Crippen molar-refractivity contribution in [3.05, 3.63) is 54.9 Å². The molecule has 10 heteroatoms. The molecule has 2 heterocycles. The molecule has 0 atom stereocenters. The van der Waals surface area contributed by atoms with E-state index in [1.807, 2.05) is 13.8 Å². The van der Waals surface area contributed by atoms with E-state index in [0.29, 0.717) is 45.5 Å². The average Bonchev–Trinajstić information content (AvgIpc) is 3.28. The Morgan fingerprint density at radius 2 is 1.76 bits per heavy atom.